The number of alkyl halides is 5. The summed E-state index contributed by atoms with van der Waals surface area (Å²) in [6.07, 6.45) is -2.13. The van der Waals surface area contributed by atoms with Crippen molar-refractivity contribution in [2.24, 2.45) is 11.8 Å². The fourth-order valence-corrected chi connectivity index (χ4v) is 4.70. The highest BCUT2D eigenvalue weighted by atomic mass is 19.4. The third-order valence-electron chi connectivity index (χ3n) is 6.16. The number of piperidine rings is 1. The average Bonchev–Trinajstić information content (AvgIpc) is 3.36. The van der Waals surface area contributed by atoms with Crippen LogP contribution in [0.3, 0.4) is 0 Å². The molecule has 5 rings (SSSR count). The topological polar surface area (TPSA) is 63.0 Å². The zero-order valence-electron chi connectivity index (χ0n) is 16.9. The smallest absolute Gasteiger partial charge is 0.369 e. The molecule has 0 spiro atoms. The summed E-state index contributed by atoms with van der Waals surface area (Å²) in [6, 6.07) is 2.99. The first-order valence-corrected chi connectivity index (χ1v) is 10.3. The quantitative estimate of drug-likeness (QED) is 0.564. The second-order valence-corrected chi connectivity index (χ2v) is 8.18. The van der Waals surface area contributed by atoms with E-state index >= 15 is 0 Å². The number of rotatable bonds is 4. The van der Waals surface area contributed by atoms with Gasteiger partial charge in [0.2, 0.25) is 0 Å². The highest BCUT2D eigenvalue weighted by Gasteiger charge is 2.42. The molecule has 2 aliphatic heterocycles. The first-order chi connectivity index (χ1) is 15.3. The van der Waals surface area contributed by atoms with E-state index < -0.39 is 24.8 Å². The minimum Gasteiger partial charge on any atom is -0.369 e. The predicted octanol–water partition coefficient (Wildman–Crippen LogP) is 3.47. The van der Waals surface area contributed by atoms with E-state index in [1.165, 1.54) is 18.3 Å². The third kappa shape index (κ3) is 3.82. The van der Waals surface area contributed by atoms with Crippen LogP contribution in [0.15, 0.2) is 30.7 Å². The summed E-state index contributed by atoms with van der Waals surface area (Å²) in [5, 5.41) is 3.94. The van der Waals surface area contributed by atoms with Crippen molar-refractivity contribution in [1.82, 2.24) is 24.7 Å². The van der Waals surface area contributed by atoms with Gasteiger partial charge in [-0.1, -0.05) is 0 Å². The second-order valence-electron chi connectivity index (χ2n) is 8.18. The van der Waals surface area contributed by atoms with Crippen molar-refractivity contribution in [3.63, 3.8) is 0 Å². The molecule has 3 aromatic heterocycles. The van der Waals surface area contributed by atoms with Gasteiger partial charge in [0, 0.05) is 32.4 Å². The van der Waals surface area contributed by atoms with Crippen molar-refractivity contribution in [3.05, 3.63) is 36.4 Å². The van der Waals surface area contributed by atoms with Crippen LogP contribution in [0, 0.1) is 11.8 Å². The maximum absolute atomic E-state index is 13.4. The SMILES string of the molecule is FC(F)Cn1ncc2ncc(N3CC[C@@H]4CN(c5cccnc5C(F)(F)F)C[C@@H]4C3)nc21. The fourth-order valence-electron chi connectivity index (χ4n) is 4.70. The molecule has 0 radical (unpaired) electrons. The lowest BCUT2D eigenvalue weighted by atomic mass is 9.89. The van der Waals surface area contributed by atoms with Crippen LogP contribution in [0.4, 0.5) is 33.5 Å². The molecule has 170 valence electrons. The zero-order valence-corrected chi connectivity index (χ0v) is 16.9. The lowest BCUT2D eigenvalue weighted by Gasteiger charge is -2.34. The average molecular weight is 453 g/mol. The molecule has 0 bridgehead atoms. The van der Waals surface area contributed by atoms with Crippen molar-refractivity contribution in [2.75, 3.05) is 36.0 Å². The van der Waals surface area contributed by atoms with Crippen molar-refractivity contribution in [3.8, 4) is 0 Å². The van der Waals surface area contributed by atoms with E-state index in [0.717, 1.165) is 17.3 Å². The number of hydrogen-bond acceptors (Lipinski definition) is 6. The van der Waals surface area contributed by atoms with Crippen molar-refractivity contribution in [2.45, 2.75) is 25.6 Å². The molecule has 2 aliphatic rings. The summed E-state index contributed by atoms with van der Waals surface area (Å²) in [5.74, 6) is 0.963. The molecule has 0 amide bonds. The van der Waals surface area contributed by atoms with Gasteiger partial charge in [-0.2, -0.15) is 18.3 Å². The zero-order chi connectivity index (χ0) is 22.5. The van der Waals surface area contributed by atoms with Crippen LogP contribution < -0.4 is 9.80 Å². The van der Waals surface area contributed by atoms with Gasteiger partial charge in [0.15, 0.2) is 11.3 Å². The molecule has 3 aromatic rings. The molecule has 0 aromatic carbocycles. The number of hydrogen-bond donors (Lipinski definition) is 0. The number of fused-ring (bicyclic) bond motifs is 2. The highest BCUT2D eigenvalue weighted by Crippen LogP contribution is 2.40. The van der Waals surface area contributed by atoms with E-state index in [0.29, 0.717) is 43.2 Å². The Hall–Kier alpha value is -3.05. The summed E-state index contributed by atoms with van der Waals surface area (Å²) < 4.78 is 67.0. The third-order valence-corrected chi connectivity index (χ3v) is 6.16. The first-order valence-electron chi connectivity index (χ1n) is 10.3. The summed E-state index contributed by atoms with van der Waals surface area (Å²) in [5.41, 5.74) is -0.0205. The fraction of sp³-hybridized carbons (Fsp3) is 0.500. The highest BCUT2D eigenvalue weighted by molar-refractivity contribution is 5.71. The number of aromatic nitrogens is 5. The molecule has 0 saturated carbocycles. The maximum atomic E-state index is 13.4. The van der Waals surface area contributed by atoms with Gasteiger partial charge >= 0.3 is 6.18 Å². The predicted molar refractivity (Wildman–Crippen MR) is 107 cm³/mol. The Morgan fingerprint density at radius 3 is 2.59 bits per heavy atom. The molecule has 2 saturated heterocycles. The molecule has 0 unspecified atom stereocenters. The van der Waals surface area contributed by atoms with Crippen LogP contribution in [0.25, 0.3) is 11.2 Å². The van der Waals surface area contributed by atoms with Crippen LogP contribution in [0.2, 0.25) is 0 Å². The molecule has 32 heavy (non-hydrogen) atoms. The molecule has 7 nitrogen and oxygen atoms in total. The first kappa shape index (κ1) is 20.8. The van der Waals surface area contributed by atoms with Gasteiger partial charge in [-0.3, -0.25) is 0 Å². The van der Waals surface area contributed by atoms with Gasteiger partial charge < -0.3 is 9.80 Å². The van der Waals surface area contributed by atoms with Crippen LogP contribution >= 0.6 is 0 Å². The van der Waals surface area contributed by atoms with Crippen molar-refractivity contribution < 1.29 is 22.0 Å². The molecular weight excluding hydrogens is 433 g/mol. The van der Waals surface area contributed by atoms with Gasteiger partial charge in [-0.15, -0.1) is 0 Å². The molecule has 0 N–H and O–H groups in total. The standard InChI is InChI=1S/C20H20F5N7/c21-16(22)11-32-19-14(6-28-32)27-7-17(29-19)30-5-3-12-8-31(10-13(12)9-30)15-2-1-4-26-18(15)20(23,24)25/h1-2,4,6-7,12-13,16H,3,5,8-11H2/t12-,13+/m1/s1. The Kier molecular flexibility index (Phi) is 5.09. The largest absolute Gasteiger partial charge is 0.435 e. The Bertz CT molecular complexity index is 1120. The molecule has 0 aliphatic carbocycles. The van der Waals surface area contributed by atoms with Crippen molar-refractivity contribution in [1.29, 1.82) is 0 Å². The van der Waals surface area contributed by atoms with Crippen LogP contribution in [-0.2, 0) is 12.7 Å². The summed E-state index contributed by atoms with van der Waals surface area (Å²) in [4.78, 5) is 16.2. The van der Waals surface area contributed by atoms with E-state index in [4.69, 9.17) is 0 Å². The molecule has 5 heterocycles. The van der Waals surface area contributed by atoms with E-state index in [9.17, 15) is 22.0 Å². The van der Waals surface area contributed by atoms with Crippen LogP contribution in [0.1, 0.15) is 12.1 Å². The molecule has 12 heteroatoms. The number of halogens is 5. The Morgan fingerprint density at radius 1 is 1.03 bits per heavy atom. The van der Waals surface area contributed by atoms with Gasteiger partial charge in [0.05, 0.1) is 18.1 Å². The van der Waals surface area contributed by atoms with Crippen molar-refractivity contribution >= 4 is 22.7 Å². The Morgan fingerprint density at radius 2 is 1.81 bits per heavy atom. The number of pyridine rings is 1. The molecule has 2 fully saturated rings. The summed E-state index contributed by atoms with van der Waals surface area (Å²) >= 11 is 0. The summed E-state index contributed by atoms with van der Waals surface area (Å²) in [6.45, 7) is 1.73. The molecule has 2 atom stereocenters. The summed E-state index contributed by atoms with van der Waals surface area (Å²) in [7, 11) is 0. The second kappa shape index (κ2) is 7.82. The van der Waals surface area contributed by atoms with E-state index in [-0.39, 0.29) is 17.5 Å². The Balaban J connectivity index is 1.35. The van der Waals surface area contributed by atoms with Crippen LogP contribution in [-0.4, -0.2) is 57.3 Å². The monoisotopic (exact) mass is 453 g/mol. The van der Waals surface area contributed by atoms with Crippen LogP contribution in [0.5, 0.6) is 0 Å². The van der Waals surface area contributed by atoms with Gasteiger partial charge in [-0.25, -0.2) is 28.4 Å². The molecular formula is C20H20F5N7. The number of nitrogens with zero attached hydrogens (tertiary/aromatic N) is 7. The lowest BCUT2D eigenvalue weighted by molar-refractivity contribution is -0.140. The Labute approximate surface area is 179 Å². The minimum atomic E-state index is -4.51. The minimum absolute atomic E-state index is 0.109. The van der Waals surface area contributed by atoms with E-state index in [1.807, 2.05) is 4.90 Å². The lowest BCUT2D eigenvalue weighted by Crippen LogP contribution is -2.40. The van der Waals surface area contributed by atoms with Gasteiger partial charge in [0.1, 0.15) is 17.9 Å². The van der Waals surface area contributed by atoms with Gasteiger partial charge in [0.25, 0.3) is 6.43 Å². The normalized spacial score (nSPS) is 21.6. The van der Waals surface area contributed by atoms with E-state index in [2.05, 4.69) is 20.1 Å². The van der Waals surface area contributed by atoms with Gasteiger partial charge in [-0.05, 0) is 30.4 Å². The maximum Gasteiger partial charge on any atom is 0.435 e. The number of anilines is 2. The van der Waals surface area contributed by atoms with E-state index in [1.54, 1.807) is 11.1 Å².